The number of thioether (sulfide) groups is 2. The zero-order valence-electron chi connectivity index (χ0n) is 14.6. The van der Waals surface area contributed by atoms with Crippen LogP contribution in [-0.2, 0) is 10.5 Å². The van der Waals surface area contributed by atoms with Gasteiger partial charge in [-0.25, -0.2) is 0 Å². The van der Waals surface area contributed by atoms with Crippen LogP contribution in [0.4, 0.5) is 5.69 Å². The highest BCUT2D eigenvalue weighted by atomic mass is 35.5. The third-order valence-electron chi connectivity index (χ3n) is 3.44. The topological polar surface area (TPSA) is 64.1 Å². The maximum atomic E-state index is 12.1. The number of hydrogen-bond donors (Lipinski definition) is 1. The Morgan fingerprint density at radius 2 is 1.82 bits per heavy atom. The molecule has 1 N–H and O–H groups in total. The molecule has 1 heterocycles. The Hall–Kier alpha value is -1.45. The molecule has 0 atom stereocenters. The molecule has 5 nitrogen and oxygen atoms in total. The summed E-state index contributed by atoms with van der Waals surface area (Å²) in [5.74, 6) is 1.65. The molecular weight excluding hydrogens is 457 g/mol. The molecule has 0 spiro atoms. The number of rotatable bonds is 8. The summed E-state index contributed by atoms with van der Waals surface area (Å²) in [5.41, 5.74) is 1.67. The van der Waals surface area contributed by atoms with E-state index in [0.29, 0.717) is 15.7 Å². The molecule has 28 heavy (non-hydrogen) atoms. The monoisotopic (exact) mass is 471 g/mol. The highest BCUT2D eigenvalue weighted by Crippen LogP contribution is 2.31. The molecule has 0 bridgehead atoms. The number of hydrogen-bond acceptors (Lipinski definition) is 7. The number of benzene rings is 2. The normalized spacial score (nSPS) is 10.7. The van der Waals surface area contributed by atoms with Crippen molar-refractivity contribution in [3.8, 4) is 5.75 Å². The van der Waals surface area contributed by atoms with Gasteiger partial charge >= 0.3 is 0 Å². The van der Waals surface area contributed by atoms with Gasteiger partial charge in [-0.1, -0.05) is 70.2 Å². The lowest BCUT2D eigenvalue weighted by molar-refractivity contribution is -0.113. The molecule has 3 aromatic rings. The first-order valence-corrected chi connectivity index (χ1v) is 11.5. The number of aromatic nitrogens is 2. The van der Waals surface area contributed by atoms with Crippen LogP contribution >= 0.6 is 58.1 Å². The van der Waals surface area contributed by atoms with Crippen LogP contribution in [0, 0.1) is 0 Å². The van der Waals surface area contributed by atoms with Gasteiger partial charge in [0.1, 0.15) is 5.75 Å². The summed E-state index contributed by atoms with van der Waals surface area (Å²) in [7, 11) is 1.65. The molecule has 0 saturated carbocycles. The van der Waals surface area contributed by atoms with Crippen LogP contribution in [0.15, 0.2) is 51.1 Å². The zero-order valence-corrected chi connectivity index (χ0v) is 18.6. The standard InChI is InChI=1S/C18H15Cl2N3O2S3/c1-25-13-5-2-11(3-6-13)9-26-17-22-23-18(28-17)27-10-16(24)21-15-8-12(19)4-7-14(15)20/h2-8H,9-10H2,1H3,(H,21,24). The summed E-state index contributed by atoms with van der Waals surface area (Å²) in [4.78, 5) is 12.1. The Kier molecular flexibility index (Phi) is 7.87. The van der Waals surface area contributed by atoms with Crippen molar-refractivity contribution in [3.63, 3.8) is 0 Å². The van der Waals surface area contributed by atoms with Gasteiger partial charge in [0.05, 0.1) is 23.6 Å². The second kappa shape index (κ2) is 10.4. The van der Waals surface area contributed by atoms with Crippen molar-refractivity contribution >= 4 is 69.7 Å². The molecule has 2 aromatic carbocycles. The molecule has 0 aliphatic heterocycles. The molecule has 1 aromatic heterocycles. The quantitative estimate of drug-likeness (QED) is 0.414. The largest absolute Gasteiger partial charge is 0.497 e. The van der Waals surface area contributed by atoms with E-state index in [9.17, 15) is 4.79 Å². The van der Waals surface area contributed by atoms with E-state index in [0.717, 1.165) is 20.2 Å². The van der Waals surface area contributed by atoms with Gasteiger partial charge in [0, 0.05) is 10.8 Å². The molecule has 0 aliphatic rings. The fourth-order valence-corrected chi connectivity index (χ4v) is 5.20. The zero-order chi connectivity index (χ0) is 19.9. The lowest BCUT2D eigenvalue weighted by Gasteiger charge is -2.06. The van der Waals surface area contributed by atoms with E-state index in [-0.39, 0.29) is 11.7 Å². The van der Waals surface area contributed by atoms with Crippen LogP contribution in [0.5, 0.6) is 5.75 Å². The van der Waals surface area contributed by atoms with Crippen LogP contribution in [0.25, 0.3) is 0 Å². The minimum atomic E-state index is -0.184. The van der Waals surface area contributed by atoms with E-state index in [2.05, 4.69) is 15.5 Å². The average Bonchev–Trinajstić information content (AvgIpc) is 3.16. The minimum Gasteiger partial charge on any atom is -0.497 e. The second-order valence-corrected chi connectivity index (χ2v) is 9.70. The third-order valence-corrected chi connectivity index (χ3v) is 7.26. The molecule has 3 rings (SSSR count). The predicted octanol–water partition coefficient (Wildman–Crippen LogP) is 5.88. The number of halogens is 2. The summed E-state index contributed by atoms with van der Waals surface area (Å²) in [5, 5.41) is 12.0. The van der Waals surface area contributed by atoms with Crippen LogP contribution in [0.3, 0.4) is 0 Å². The first-order valence-electron chi connectivity index (χ1n) is 8.00. The number of carbonyl (C=O) groups is 1. The molecule has 146 valence electrons. The van der Waals surface area contributed by atoms with Gasteiger partial charge in [0.25, 0.3) is 0 Å². The van der Waals surface area contributed by atoms with Crippen LogP contribution < -0.4 is 10.1 Å². The molecule has 0 saturated heterocycles. The lowest BCUT2D eigenvalue weighted by Crippen LogP contribution is -2.14. The number of amides is 1. The van der Waals surface area contributed by atoms with E-state index in [1.54, 1.807) is 37.1 Å². The van der Waals surface area contributed by atoms with Crippen molar-refractivity contribution in [2.24, 2.45) is 0 Å². The van der Waals surface area contributed by atoms with Gasteiger partial charge in [0.2, 0.25) is 5.91 Å². The Morgan fingerprint density at radius 3 is 2.54 bits per heavy atom. The summed E-state index contributed by atoms with van der Waals surface area (Å²) >= 11 is 16.4. The van der Waals surface area contributed by atoms with E-state index in [4.69, 9.17) is 27.9 Å². The number of nitrogens with one attached hydrogen (secondary N) is 1. The van der Waals surface area contributed by atoms with Crippen molar-refractivity contribution in [3.05, 3.63) is 58.1 Å². The lowest BCUT2D eigenvalue weighted by atomic mass is 10.2. The maximum absolute atomic E-state index is 12.1. The molecule has 0 fully saturated rings. The van der Waals surface area contributed by atoms with Crippen LogP contribution in [0.2, 0.25) is 10.0 Å². The first-order chi connectivity index (χ1) is 13.5. The van der Waals surface area contributed by atoms with E-state index in [1.807, 2.05) is 24.3 Å². The minimum absolute atomic E-state index is 0.184. The van der Waals surface area contributed by atoms with E-state index < -0.39 is 0 Å². The molecule has 0 unspecified atom stereocenters. The summed E-state index contributed by atoms with van der Waals surface area (Å²) in [6.07, 6.45) is 0. The Bertz CT molecular complexity index is 952. The fourth-order valence-electron chi connectivity index (χ4n) is 2.09. The van der Waals surface area contributed by atoms with Gasteiger partial charge in [-0.2, -0.15) is 0 Å². The number of ether oxygens (including phenoxy) is 1. The van der Waals surface area contributed by atoms with Crippen molar-refractivity contribution in [2.45, 2.75) is 14.4 Å². The molecule has 1 amide bonds. The van der Waals surface area contributed by atoms with Crippen molar-refractivity contribution in [1.29, 1.82) is 0 Å². The Labute approximate surface area is 185 Å². The SMILES string of the molecule is COc1ccc(CSc2nnc(SCC(=O)Nc3cc(Cl)ccc3Cl)s2)cc1. The van der Waals surface area contributed by atoms with Gasteiger partial charge < -0.3 is 10.1 Å². The van der Waals surface area contributed by atoms with Gasteiger partial charge in [0.15, 0.2) is 8.68 Å². The van der Waals surface area contributed by atoms with Crippen LogP contribution in [-0.4, -0.2) is 29.0 Å². The molecule has 0 radical (unpaired) electrons. The summed E-state index contributed by atoms with van der Waals surface area (Å²) in [6, 6.07) is 12.8. The molecular formula is C18H15Cl2N3O2S3. The predicted molar refractivity (Wildman–Crippen MR) is 118 cm³/mol. The maximum Gasteiger partial charge on any atom is 0.234 e. The first kappa shape index (κ1) is 21.3. The summed E-state index contributed by atoms with van der Waals surface area (Å²) < 4.78 is 6.75. The summed E-state index contributed by atoms with van der Waals surface area (Å²) in [6.45, 7) is 0. The highest BCUT2D eigenvalue weighted by Gasteiger charge is 2.11. The Morgan fingerprint density at radius 1 is 1.11 bits per heavy atom. The second-order valence-electron chi connectivity index (χ2n) is 5.43. The van der Waals surface area contributed by atoms with Crippen molar-refractivity contribution in [2.75, 3.05) is 18.2 Å². The number of methoxy groups -OCH3 is 1. The molecule has 10 heteroatoms. The fraction of sp³-hybridized carbons (Fsp3) is 0.167. The number of carbonyl (C=O) groups excluding carboxylic acids is 1. The van der Waals surface area contributed by atoms with Gasteiger partial charge in [-0.15, -0.1) is 10.2 Å². The third kappa shape index (κ3) is 6.28. The van der Waals surface area contributed by atoms with Crippen LogP contribution in [0.1, 0.15) is 5.56 Å². The smallest absolute Gasteiger partial charge is 0.234 e. The highest BCUT2D eigenvalue weighted by molar-refractivity contribution is 8.03. The van der Waals surface area contributed by atoms with Gasteiger partial charge in [-0.3, -0.25) is 4.79 Å². The van der Waals surface area contributed by atoms with E-state index >= 15 is 0 Å². The number of anilines is 1. The van der Waals surface area contributed by atoms with Crippen molar-refractivity contribution in [1.82, 2.24) is 10.2 Å². The van der Waals surface area contributed by atoms with E-state index in [1.165, 1.54) is 28.7 Å². The molecule has 0 aliphatic carbocycles. The van der Waals surface area contributed by atoms with Gasteiger partial charge in [-0.05, 0) is 35.9 Å². The average molecular weight is 472 g/mol. The Balaban J connectivity index is 1.47. The number of nitrogens with zero attached hydrogens (tertiary/aromatic N) is 2. The van der Waals surface area contributed by atoms with Crippen molar-refractivity contribution < 1.29 is 9.53 Å².